The molecule has 0 fully saturated rings. The van der Waals surface area contributed by atoms with E-state index < -0.39 is 0 Å². The molecule has 0 saturated carbocycles. The van der Waals surface area contributed by atoms with Gasteiger partial charge in [0.05, 0.1) is 12.8 Å². The fourth-order valence-electron chi connectivity index (χ4n) is 2.56. The lowest BCUT2D eigenvalue weighted by molar-refractivity contribution is -0.118. The van der Waals surface area contributed by atoms with Crippen molar-refractivity contribution in [2.45, 2.75) is 13.3 Å². The molecule has 3 aromatic rings. The normalized spacial score (nSPS) is 10.4. The second-order valence-corrected chi connectivity index (χ2v) is 6.36. The first-order valence-electron chi connectivity index (χ1n) is 8.78. The first-order chi connectivity index (χ1) is 13.6. The lowest BCUT2D eigenvalue weighted by atomic mass is 10.2. The number of aryl methyl sites for hydroxylation is 1. The number of amides is 1. The van der Waals surface area contributed by atoms with Crippen molar-refractivity contribution in [2.75, 3.05) is 19.0 Å². The number of carbonyl (C=O) groups is 1. The van der Waals surface area contributed by atoms with E-state index >= 15 is 0 Å². The number of halogens is 1. The van der Waals surface area contributed by atoms with Gasteiger partial charge >= 0.3 is 0 Å². The molecule has 3 rings (SSSR count). The van der Waals surface area contributed by atoms with Crippen LogP contribution in [0, 0.1) is 0 Å². The zero-order chi connectivity index (χ0) is 19.9. The Morgan fingerprint density at radius 3 is 2.68 bits per heavy atom. The van der Waals surface area contributed by atoms with Crippen LogP contribution in [0.3, 0.4) is 0 Å². The number of para-hydroxylation sites is 2. The molecule has 0 spiro atoms. The van der Waals surface area contributed by atoms with Crippen molar-refractivity contribution in [3.63, 3.8) is 0 Å². The maximum Gasteiger partial charge on any atom is 0.262 e. The summed E-state index contributed by atoms with van der Waals surface area (Å²) in [6.45, 7) is 1.80. The van der Waals surface area contributed by atoms with Crippen LogP contribution < -0.4 is 14.8 Å². The second-order valence-electron chi connectivity index (χ2n) is 5.92. The minimum Gasteiger partial charge on any atom is -0.495 e. The zero-order valence-electron chi connectivity index (χ0n) is 15.6. The van der Waals surface area contributed by atoms with E-state index in [2.05, 4.69) is 15.3 Å². The van der Waals surface area contributed by atoms with Crippen molar-refractivity contribution in [3.8, 4) is 23.0 Å². The quantitative estimate of drug-likeness (QED) is 0.640. The maximum absolute atomic E-state index is 12.3. The molecule has 7 heteroatoms. The summed E-state index contributed by atoms with van der Waals surface area (Å²) < 4.78 is 10.8. The van der Waals surface area contributed by atoms with E-state index in [-0.39, 0.29) is 12.5 Å². The van der Waals surface area contributed by atoms with Crippen LogP contribution in [0.15, 0.2) is 54.6 Å². The lowest BCUT2D eigenvalue weighted by Crippen LogP contribution is -2.21. The van der Waals surface area contributed by atoms with Crippen molar-refractivity contribution < 1.29 is 14.3 Å². The number of rotatable bonds is 7. The van der Waals surface area contributed by atoms with Crippen molar-refractivity contribution in [3.05, 3.63) is 65.3 Å². The van der Waals surface area contributed by atoms with Gasteiger partial charge in [-0.25, -0.2) is 4.98 Å². The average Bonchev–Trinajstić information content (AvgIpc) is 2.72. The summed E-state index contributed by atoms with van der Waals surface area (Å²) in [6, 6.07) is 16.2. The maximum atomic E-state index is 12.3. The molecular weight excluding hydrogens is 378 g/mol. The van der Waals surface area contributed by atoms with E-state index in [4.69, 9.17) is 21.1 Å². The number of aromatic nitrogens is 2. The number of ether oxygens (including phenoxy) is 2. The Labute approximate surface area is 168 Å². The van der Waals surface area contributed by atoms with Crippen LogP contribution in [-0.2, 0) is 11.2 Å². The highest BCUT2D eigenvalue weighted by atomic mass is 35.5. The predicted octanol–water partition coefficient (Wildman–Crippen LogP) is 4.39. The van der Waals surface area contributed by atoms with Crippen molar-refractivity contribution in [1.82, 2.24) is 9.97 Å². The van der Waals surface area contributed by atoms with Gasteiger partial charge in [0.1, 0.15) is 5.75 Å². The molecule has 2 aromatic carbocycles. The zero-order valence-corrected chi connectivity index (χ0v) is 16.4. The van der Waals surface area contributed by atoms with Crippen molar-refractivity contribution in [2.24, 2.45) is 0 Å². The number of benzene rings is 2. The predicted molar refractivity (Wildman–Crippen MR) is 109 cm³/mol. The summed E-state index contributed by atoms with van der Waals surface area (Å²) in [4.78, 5) is 21.2. The minimum atomic E-state index is -0.314. The van der Waals surface area contributed by atoms with E-state index in [1.165, 1.54) is 0 Å². The molecule has 0 aliphatic rings. The van der Waals surface area contributed by atoms with Gasteiger partial charge < -0.3 is 14.8 Å². The molecule has 0 aliphatic heterocycles. The van der Waals surface area contributed by atoms with Gasteiger partial charge in [-0.1, -0.05) is 42.8 Å². The van der Waals surface area contributed by atoms with Crippen LogP contribution in [0.2, 0.25) is 5.02 Å². The average molecular weight is 398 g/mol. The van der Waals surface area contributed by atoms with Gasteiger partial charge in [-0.15, -0.1) is 0 Å². The monoisotopic (exact) mass is 397 g/mol. The van der Waals surface area contributed by atoms with Crippen LogP contribution in [0.5, 0.6) is 11.6 Å². The highest BCUT2D eigenvalue weighted by Crippen LogP contribution is 2.24. The molecule has 0 unspecified atom stereocenters. The molecule has 1 heterocycles. The third-order valence-corrected chi connectivity index (χ3v) is 4.17. The topological polar surface area (TPSA) is 73.3 Å². The van der Waals surface area contributed by atoms with E-state index in [0.29, 0.717) is 34.6 Å². The number of anilines is 1. The molecule has 1 amide bonds. The molecule has 6 nitrogen and oxygen atoms in total. The minimum absolute atomic E-state index is 0.187. The summed E-state index contributed by atoms with van der Waals surface area (Å²) in [5, 5.41) is 3.36. The third-order valence-electron chi connectivity index (χ3n) is 3.93. The smallest absolute Gasteiger partial charge is 0.262 e. The van der Waals surface area contributed by atoms with E-state index in [1.807, 2.05) is 31.2 Å². The van der Waals surface area contributed by atoms with Crippen molar-refractivity contribution >= 4 is 23.2 Å². The molecule has 1 N–H and O–H groups in total. The molecular formula is C21H20ClN3O3. The van der Waals surface area contributed by atoms with Gasteiger partial charge in [0.2, 0.25) is 5.88 Å². The summed E-state index contributed by atoms with van der Waals surface area (Å²) in [6.07, 6.45) is 0.708. The molecule has 0 saturated heterocycles. The van der Waals surface area contributed by atoms with E-state index in [1.54, 1.807) is 37.4 Å². The summed E-state index contributed by atoms with van der Waals surface area (Å²) in [7, 11) is 1.55. The summed E-state index contributed by atoms with van der Waals surface area (Å²) in [5.41, 5.74) is 2.17. The Morgan fingerprint density at radius 2 is 1.93 bits per heavy atom. The number of carbonyl (C=O) groups excluding carboxylic acids is 1. The molecule has 0 atom stereocenters. The van der Waals surface area contributed by atoms with Crippen LogP contribution in [0.1, 0.15) is 12.6 Å². The van der Waals surface area contributed by atoms with Gasteiger partial charge in [0, 0.05) is 22.3 Å². The van der Waals surface area contributed by atoms with Crippen LogP contribution >= 0.6 is 11.6 Å². The Balaban J connectivity index is 1.73. The Kier molecular flexibility index (Phi) is 6.45. The van der Waals surface area contributed by atoms with E-state index in [9.17, 15) is 4.79 Å². The molecule has 28 heavy (non-hydrogen) atoms. The second kappa shape index (κ2) is 9.19. The highest BCUT2D eigenvalue weighted by Gasteiger charge is 2.11. The van der Waals surface area contributed by atoms with Crippen LogP contribution in [0.25, 0.3) is 11.4 Å². The number of nitrogens with zero attached hydrogens (tertiary/aromatic N) is 2. The first-order valence-corrected chi connectivity index (χ1v) is 9.16. The Bertz CT molecular complexity index is 979. The van der Waals surface area contributed by atoms with Gasteiger partial charge in [0.15, 0.2) is 12.4 Å². The summed E-state index contributed by atoms with van der Waals surface area (Å²) in [5.74, 6) is 1.10. The first kappa shape index (κ1) is 19.6. The number of nitrogens with one attached hydrogen (secondary N) is 1. The van der Waals surface area contributed by atoms with E-state index in [0.717, 1.165) is 11.3 Å². The molecule has 0 radical (unpaired) electrons. The summed E-state index contributed by atoms with van der Waals surface area (Å²) >= 11 is 6.06. The standard InChI is InChI=1S/C21H20ClN3O3/c1-3-16-12-20(25-21(23-16)14-7-6-8-15(22)11-14)28-13-19(26)24-17-9-4-5-10-18(17)27-2/h4-12H,3,13H2,1-2H3,(H,24,26). The molecule has 1 aromatic heterocycles. The fourth-order valence-corrected chi connectivity index (χ4v) is 2.75. The largest absolute Gasteiger partial charge is 0.495 e. The third kappa shape index (κ3) is 4.98. The van der Waals surface area contributed by atoms with Crippen LogP contribution in [0.4, 0.5) is 5.69 Å². The number of hydrogen-bond acceptors (Lipinski definition) is 5. The fraction of sp³-hybridized carbons (Fsp3) is 0.190. The molecule has 0 aliphatic carbocycles. The SMILES string of the molecule is CCc1cc(OCC(=O)Nc2ccccc2OC)nc(-c2cccc(Cl)c2)n1. The van der Waals surface area contributed by atoms with Crippen LogP contribution in [-0.4, -0.2) is 29.6 Å². The van der Waals surface area contributed by atoms with Gasteiger partial charge in [-0.3, -0.25) is 4.79 Å². The number of hydrogen-bond donors (Lipinski definition) is 1. The van der Waals surface area contributed by atoms with Gasteiger partial charge in [-0.2, -0.15) is 4.98 Å². The molecule has 144 valence electrons. The van der Waals surface area contributed by atoms with Gasteiger partial charge in [0.25, 0.3) is 5.91 Å². The Hall–Kier alpha value is -3.12. The highest BCUT2D eigenvalue weighted by molar-refractivity contribution is 6.30. The molecule has 0 bridgehead atoms. The van der Waals surface area contributed by atoms with Crippen molar-refractivity contribution in [1.29, 1.82) is 0 Å². The lowest BCUT2D eigenvalue weighted by Gasteiger charge is -2.11. The van der Waals surface area contributed by atoms with Gasteiger partial charge in [-0.05, 0) is 30.7 Å². The number of methoxy groups -OCH3 is 1. The Morgan fingerprint density at radius 1 is 1.11 bits per heavy atom.